The number of hydrogen-bond donors (Lipinski definition) is 2. The lowest BCUT2D eigenvalue weighted by Crippen LogP contribution is -2.35. The smallest absolute Gasteiger partial charge is 0.320 e. The van der Waals surface area contributed by atoms with Gasteiger partial charge in [-0.1, -0.05) is 19.1 Å². The van der Waals surface area contributed by atoms with Crippen LogP contribution in [0.1, 0.15) is 31.7 Å². The van der Waals surface area contributed by atoms with Gasteiger partial charge in [-0.2, -0.15) is 0 Å². The molecule has 1 unspecified atom stereocenters. The van der Waals surface area contributed by atoms with Crippen LogP contribution in [0.25, 0.3) is 0 Å². The normalized spacial score (nSPS) is 16.4. The summed E-state index contributed by atoms with van der Waals surface area (Å²) in [6.45, 7) is 3.14. The lowest BCUT2D eigenvalue weighted by atomic mass is 10.1. The Balaban J connectivity index is 1.94. The number of anilines is 1. The van der Waals surface area contributed by atoms with E-state index < -0.39 is 12.0 Å². The van der Waals surface area contributed by atoms with Gasteiger partial charge in [-0.3, -0.25) is 9.59 Å². The summed E-state index contributed by atoms with van der Waals surface area (Å²) in [5, 5.41) is 12.0. The summed E-state index contributed by atoms with van der Waals surface area (Å²) >= 11 is 0. The third-order valence-corrected chi connectivity index (χ3v) is 3.58. The summed E-state index contributed by atoms with van der Waals surface area (Å²) < 4.78 is 0. The number of carboxylic acids is 1. The van der Waals surface area contributed by atoms with Crippen molar-refractivity contribution in [3.63, 3.8) is 0 Å². The zero-order valence-electron chi connectivity index (χ0n) is 11.6. The average Bonchev–Trinajstić information content (AvgIpc) is 2.86. The van der Waals surface area contributed by atoms with E-state index in [2.05, 4.69) is 5.32 Å². The van der Waals surface area contributed by atoms with Gasteiger partial charge in [0, 0.05) is 25.2 Å². The fourth-order valence-electron chi connectivity index (χ4n) is 2.36. The molecule has 5 nitrogen and oxygen atoms in total. The molecule has 20 heavy (non-hydrogen) atoms. The summed E-state index contributed by atoms with van der Waals surface area (Å²) in [4.78, 5) is 24.3. The second kappa shape index (κ2) is 6.52. The van der Waals surface area contributed by atoms with Crippen molar-refractivity contribution in [3.8, 4) is 0 Å². The Morgan fingerprint density at radius 3 is 2.60 bits per heavy atom. The summed E-state index contributed by atoms with van der Waals surface area (Å²) in [6.07, 6.45) is 2.09. The summed E-state index contributed by atoms with van der Waals surface area (Å²) in [6, 6.07) is 7.18. The summed E-state index contributed by atoms with van der Waals surface area (Å²) in [7, 11) is 0. The molecule has 0 spiro atoms. The second-order valence-corrected chi connectivity index (χ2v) is 5.00. The molecule has 5 heteroatoms. The molecule has 0 bridgehead atoms. The number of hydrogen-bond acceptors (Lipinski definition) is 3. The molecule has 1 aliphatic heterocycles. The molecule has 108 valence electrons. The minimum absolute atomic E-state index is 0.174. The highest BCUT2D eigenvalue weighted by molar-refractivity contribution is 5.95. The zero-order valence-corrected chi connectivity index (χ0v) is 11.6. The van der Waals surface area contributed by atoms with Gasteiger partial charge in [0.05, 0.1) is 0 Å². The third kappa shape index (κ3) is 3.36. The molecule has 1 heterocycles. The van der Waals surface area contributed by atoms with E-state index in [9.17, 15) is 9.59 Å². The van der Waals surface area contributed by atoms with Crippen LogP contribution < -0.4 is 10.2 Å². The van der Waals surface area contributed by atoms with E-state index in [0.717, 1.165) is 24.2 Å². The number of rotatable bonds is 6. The van der Waals surface area contributed by atoms with Crippen molar-refractivity contribution in [1.29, 1.82) is 0 Å². The number of aliphatic carboxylic acids is 1. The molecule has 2 N–H and O–H groups in total. The van der Waals surface area contributed by atoms with Crippen LogP contribution in [-0.2, 0) is 16.1 Å². The van der Waals surface area contributed by atoms with E-state index in [1.54, 1.807) is 4.90 Å². The molecular formula is C15H20N2O3. The van der Waals surface area contributed by atoms with Gasteiger partial charge in [-0.25, -0.2) is 0 Å². The first-order chi connectivity index (χ1) is 9.61. The quantitative estimate of drug-likeness (QED) is 0.830. The van der Waals surface area contributed by atoms with Gasteiger partial charge >= 0.3 is 5.97 Å². The standard InChI is InChI=1S/C15H20N2O3/c1-2-13(15(19)20)16-10-11-5-7-12(8-6-11)17-9-3-4-14(17)18/h5-8,13,16H,2-4,9-10H2,1H3,(H,19,20). The molecule has 1 aliphatic rings. The average molecular weight is 276 g/mol. The van der Waals surface area contributed by atoms with Gasteiger partial charge in [0.25, 0.3) is 0 Å². The van der Waals surface area contributed by atoms with Crippen LogP contribution in [0.5, 0.6) is 0 Å². The van der Waals surface area contributed by atoms with Crippen molar-refractivity contribution in [2.45, 2.75) is 38.8 Å². The number of carbonyl (C=O) groups is 2. The Hall–Kier alpha value is -1.88. The lowest BCUT2D eigenvalue weighted by molar-refractivity contribution is -0.139. The summed E-state index contributed by atoms with van der Waals surface area (Å²) in [5.41, 5.74) is 1.93. The molecule has 0 aromatic heterocycles. The van der Waals surface area contributed by atoms with Crippen LogP contribution in [0.2, 0.25) is 0 Å². The second-order valence-electron chi connectivity index (χ2n) is 5.00. The SMILES string of the molecule is CCC(NCc1ccc(N2CCCC2=O)cc1)C(=O)O. The highest BCUT2D eigenvalue weighted by Gasteiger charge is 2.21. The Morgan fingerprint density at radius 2 is 2.10 bits per heavy atom. The van der Waals surface area contributed by atoms with Crippen molar-refractivity contribution >= 4 is 17.6 Å². The predicted molar refractivity (Wildman–Crippen MR) is 76.6 cm³/mol. The minimum atomic E-state index is -0.827. The zero-order chi connectivity index (χ0) is 14.5. The topological polar surface area (TPSA) is 69.6 Å². The van der Waals surface area contributed by atoms with Crippen molar-refractivity contribution < 1.29 is 14.7 Å². The van der Waals surface area contributed by atoms with Crippen molar-refractivity contribution in [3.05, 3.63) is 29.8 Å². The molecule has 2 rings (SSSR count). The van der Waals surface area contributed by atoms with Gasteiger partial charge < -0.3 is 15.3 Å². The number of amides is 1. The monoisotopic (exact) mass is 276 g/mol. The first-order valence-electron chi connectivity index (χ1n) is 6.97. The third-order valence-electron chi connectivity index (χ3n) is 3.58. The Morgan fingerprint density at radius 1 is 1.40 bits per heavy atom. The fraction of sp³-hybridized carbons (Fsp3) is 0.467. The van der Waals surface area contributed by atoms with Gasteiger partial charge in [0.15, 0.2) is 0 Å². The molecule has 0 saturated carbocycles. The van der Waals surface area contributed by atoms with E-state index in [4.69, 9.17) is 5.11 Å². The first kappa shape index (κ1) is 14.5. The highest BCUT2D eigenvalue weighted by atomic mass is 16.4. The first-order valence-corrected chi connectivity index (χ1v) is 6.97. The Labute approximate surface area is 118 Å². The molecule has 1 fully saturated rings. The molecule has 0 radical (unpaired) electrons. The van der Waals surface area contributed by atoms with Gasteiger partial charge in [0.1, 0.15) is 6.04 Å². The summed E-state index contributed by atoms with van der Waals surface area (Å²) in [5.74, 6) is -0.653. The maximum atomic E-state index is 11.6. The van der Waals surface area contributed by atoms with Gasteiger partial charge in [0.2, 0.25) is 5.91 Å². The predicted octanol–water partition coefficient (Wildman–Crippen LogP) is 1.77. The van der Waals surface area contributed by atoms with Crippen molar-refractivity contribution in [1.82, 2.24) is 5.32 Å². The van der Waals surface area contributed by atoms with Crippen molar-refractivity contribution in [2.24, 2.45) is 0 Å². The number of carbonyl (C=O) groups excluding carboxylic acids is 1. The van der Waals surface area contributed by atoms with E-state index in [0.29, 0.717) is 19.4 Å². The van der Waals surface area contributed by atoms with E-state index in [-0.39, 0.29) is 5.91 Å². The number of carboxylic acid groups (broad SMARTS) is 1. The maximum absolute atomic E-state index is 11.6. The van der Waals surface area contributed by atoms with E-state index >= 15 is 0 Å². The van der Waals surface area contributed by atoms with Gasteiger partial charge in [-0.15, -0.1) is 0 Å². The largest absolute Gasteiger partial charge is 0.480 e. The molecule has 1 aromatic rings. The molecule has 1 amide bonds. The molecule has 1 aromatic carbocycles. The number of nitrogens with one attached hydrogen (secondary N) is 1. The van der Waals surface area contributed by atoms with E-state index in [1.807, 2.05) is 31.2 Å². The van der Waals surface area contributed by atoms with Crippen LogP contribution in [0.4, 0.5) is 5.69 Å². The lowest BCUT2D eigenvalue weighted by Gasteiger charge is -2.16. The van der Waals surface area contributed by atoms with Crippen LogP contribution in [-0.4, -0.2) is 29.6 Å². The number of nitrogens with zero attached hydrogens (tertiary/aromatic N) is 1. The van der Waals surface area contributed by atoms with Crippen molar-refractivity contribution in [2.75, 3.05) is 11.4 Å². The van der Waals surface area contributed by atoms with Crippen LogP contribution in [0.15, 0.2) is 24.3 Å². The Bertz CT molecular complexity index is 484. The molecule has 0 aliphatic carbocycles. The molecular weight excluding hydrogens is 256 g/mol. The van der Waals surface area contributed by atoms with Crippen LogP contribution in [0, 0.1) is 0 Å². The minimum Gasteiger partial charge on any atom is -0.480 e. The highest BCUT2D eigenvalue weighted by Crippen LogP contribution is 2.21. The maximum Gasteiger partial charge on any atom is 0.320 e. The van der Waals surface area contributed by atoms with E-state index in [1.165, 1.54) is 0 Å². The number of benzene rings is 1. The Kier molecular flexibility index (Phi) is 4.74. The molecule has 1 saturated heterocycles. The van der Waals surface area contributed by atoms with Crippen LogP contribution in [0.3, 0.4) is 0 Å². The van der Waals surface area contributed by atoms with Crippen LogP contribution >= 0.6 is 0 Å². The fourth-order valence-corrected chi connectivity index (χ4v) is 2.36. The molecule has 1 atom stereocenters. The van der Waals surface area contributed by atoms with Gasteiger partial charge in [-0.05, 0) is 30.5 Å².